The normalized spacial score (nSPS) is 14.5. The molecule has 23 heteroatoms. The molecule has 2 aromatic carbocycles. The number of fused-ring (bicyclic) bond motifs is 2. The van der Waals surface area contributed by atoms with E-state index in [4.69, 9.17) is 96.9 Å². The molecular weight excluding hydrogens is 969 g/mol. The summed E-state index contributed by atoms with van der Waals surface area (Å²) in [6.07, 6.45) is 0.195. The van der Waals surface area contributed by atoms with Gasteiger partial charge in [0.15, 0.2) is 0 Å². The molecule has 2 aliphatic rings. The van der Waals surface area contributed by atoms with Gasteiger partial charge in [0.1, 0.15) is 29.9 Å². The van der Waals surface area contributed by atoms with Crippen molar-refractivity contribution in [1.29, 1.82) is 0 Å². The number of hydrogen-bond donors (Lipinski definition) is 3. The number of ether oxygens (including phenoxy) is 5. The fourth-order valence-electron chi connectivity index (χ4n) is 4.40. The second-order valence-electron chi connectivity index (χ2n) is 11.9. The van der Waals surface area contributed by atoms with Crippen molar-refractivity contribution in [2.75, 3.05) is 26.4 Å². The molecular formula is C37H38B2Cl3CsN4O13. The molecule has 0 saturated heterocycles. The van der Waals surface area contributed by atoms with Crippen molar-refractivity contribution in [3.63, 3.8) is 0 Å². The van der Waals surface area contributed by atoms with Crippen molar-refractivity contribution in [3.8, 4) is 29.1 Å². The van der Waals surface area contributed by atoms with Crippen molar-refractivity contribution >= 4 is 77.8 Å². The van der Waals surface area contributed by atoms with E-state index in [1.807, 2.05) is 27.7 Å². The SMILES string of the molecule is O=CO[O-].[2H]C1([2H])OB(O)c2ccc(O)cc21.[2H]C1([2H])OB(O)c2ccc(Oc3nc(OCCOC(C)C)c([N+]#[C-])cc3Cl)cc21.[C-]#[N+]c1cc(Cl)c(Cl)nc1OCCOC(C)C.[Cs+]. The number of aromatic hydroxyl groups is 1. The second-order valence-corrected chi connectivity index (χ2v) is 13.1. The first-order valence-corrected chi connectivity index (χ1v) is 18.2. The van der Waals surface area contributed by atoms with Crippen LogP contribution < -0.4 is 99.3 Å². The first kappa shape index (κ1) is 46.7. The predicted octanol–water partition coefficient (Wildman–Crippen LogP) is 1.89. The molecule has 60 heavy (non-hydrogen) atoms. The fourth-order valence-corrected chi connectivity index (χ4v) is 4.86. The molecule has 6 rings (SSSR count). The number of phenolic OH excluding ortho intramolecular Hbond substituents is 1. The van der Waals surface area contributed by atoms with E-state index in [0.29, 0.717) is 30.7 Å². The van der Waals surface area contributed by atoms with Crippen LogP contribution in [0, 0.1) is 13.1 Å². The summed E-state index contributed by atoms with van der Waals surface area (Å²) >= 11 is 17.7. The van der Waals surface area contributed by atoms with Crippen LogP contribution in [0.3, 0.4) is 0 Å². The van der Waals surface area contributed by atoms with E-state index in [1.54, 1.807) is 0 Å². The van der Waals surface area contributed by atoms with E-state index >= 15 is 0 Å². The number of rotatable bonds is 13. The molecule has 4 heterocycles. The molecule has 312 valence electrons. The van der Waals surface area contributed by atoms with Crippen molar-refractivity contribution in [2.45, 2.75) is 53.0 Å². The number of carbonyl (C=O) groups is 1. The van der Waals surface area contributed by atoms with Crippen LogP contribution in [0.5, 0.6) is 29.1 Å². The van der Waals surface area contributed by atoms with Crippen LogP contribution in [0.15, 0.2) is 48.5 Å². The third-order valence-corrected chi connectivity index (χ3v) is 7.91. The van der Waals surface area contributed by atoms with Gasteiger partial charge in [0.05, 0.1) is 67.2 Å². The van der Waals surface area contributed by atoms with Gasteiger partial charge in [-0.25, -0.2) is 14.7 Å². The number of benzene rings is 2. The molecule has 0 bridgehead atoms. The van der Waals surface area contributed by atoms with Gasteiger partial charge in [0.2, 0.25) is 29.0 Å². The number of nitrogens with zero attached hydrogens (tertiary/aromatic N) is 4. The fraction of sp³-hybridized carbons (Fsp3) is 0.324. The van der Waals surface area contributed by atoms with Gasteiger partial charge in [-0.1, -0.05) is 46.9 Å². The molecule has 0 amide bonds. The van der Waals surface area contributed by atoms with Crippen LogP contribution in [0.25, 0.3) is 9.69 Å². The molecule has 2 aromatic heterocycles. The summed E-state index contributed by atoms with van der Waals surface area (Å²) < 4.78 is 67.2. The van der Waals surface area contributed by atoms with E-state index in [2.05, 4.69) is 29.2 Å². The predicted molar refractivity (Wildman–Crippen MR) is 216 cm³/mol. The minimum atomic E-state index is -2.15. The minimum Gasteiger partial charge on any atom is -0.662 e. The van der Waals surface area contributed by atoms with Crippen LogP contribution in [-0.4, -0.2) is 84.5 Å². The zero-order valence-electron chi connectivity index (χ0n) is 36.7. The Hall–Kier alpha value is -2.84. The topological polar surface area (TPSA) is 209 Å². The van der Waals surface area contributed by atoms with Crippen LogP contribution in [-0.2, 0) is 41.6 Å². The van der Waals surface area contributed by atoms with E-state index in [1.165, 1.54) is 48.5 Å². The maximum absolute atomic E-state index is 9.78. The molecule has 0 fully saturated rings. The van der Waals surface area contributed by atoms with Gasteiger partial charge in [0.25, 0.3) is 6.47 Å². The van der Waals surface area contributed by atoms with Crippen molar-refractivity contribution < 1.29 is 137 Å². The van der Waals surface area contributed by atoms with Gasteiger partial charge in [-0.15, -0.1) is 0 Å². The maximum Gasteiger partial charge on any atom is 1.00 e. The van der Waals surface area contributed by atoms with E-state index in [-0.39, 0.29) is 161 Å². The Labute approximate surface area is 427 Å². The summed E-state index contributed by atoms with van der Waals surface area (Å²) in [5.74, 6) is 0.437. The zero-order valence-corrected chi connectivity index (χ0v) is 41.2. The number of phenols is 1. The first-order chi connectivity index (χ1) is 29.7. The van der Waals surface area contributed by atoms with Gasteiger partial charge in [-0.05, 0) is 86.1 Å². The maximum atomic E-state index is 9.78. The molecule has 3 N–H and O–H groups in total. The largest absolute Gasteiger partial charge is 1.00 e. The van der Waals surface area contributed by atoms with Crippen LogP contribution in [0.1, 0.15) is 44.3 Å². The van der Waals surface area contributed by atoms with Gasteiger partial charge in [-0.2, -0.15) is 4.98 Å². The number of pyridine rings is 2. The van der Waals surface area contributed by atoms with Crippen LogP contribution in [0.4, 0.5) is 11.4 Å². The molecule has 0 radical (unpaired) electrons. The summed E-state index contributed by atoms with van der Waals surface area (Å²) in [6.45, 7) is 18.8. The molecule has 0 unspecified atom stereocenters. The Balaban J connectivity index is 0.000000341. The summed E-state index contributed by atoms with van der Waals surface area (Å²) in [5, 5.41) is 37.0. The van der Waals surface area contributed by atoms with Crippen molar-refractivity contribution in [2.24, 2.45) is 0 Å². The van der Waals surface area contributed by atoms with Gasteiger partial charge >= 0.3 is 83.1 Å². The average Bonchev–Trinajstić information content (AvgIpc) is 3.60. The molecule has 4 aromatic rings. The van der Waals surface area contributed by atoms with Crippen LogP contribution in [0.2, 0.25) is 15.2 Å². The Morgan fingerprint density at radius 1 is 0.817 bits per heavy atom. The number of carbonyl (C=O) groups excluding carboxylic acids is 1. The molecule has 2 aliphatic heterocycles. The third-order valence-electron chi connectivity index (χ3n) is 6.97. The Bertz CT molecular complexity index is 2290. The van der Waals surface area contributed by atoms with Crippen molar-refractivity contribution in [3.05, 3.63) is 97.7 Å². The molecule has 0 saturated carbocycles. The number of aromatic nitrogens is 2. The van der Waals surface area contributed by atoms with Gasteiger partial charge in [-0.3, -0.25) is 4.79 Å². The van der Waals surface area contributed by atoms with E-state index in [9.17, 15) is 10.0 Å². The Morgan fingerprint density at radius 3 is 1.80 bits per heavy atom. The smallest absolute Gasteiger partial charge is 0.662 e. The molecule has 0 aliphatic carbocycles. The summed E-state index contributed by atoms with van der Waals surface area (Å²) in [5.41, 5.74) is 1.39. The summed E-state index contributed by atoms with van der Waals surface area (Å²) in [7, 11) is -2.59. The van der Waals surface area contributed by atoms with E-state index < -0.39 is 27.4 Å². The summed E-state index contributed by atoms with van der Waals surface area (Å²) in [6, 6.07) is 11.3. The van der Waals surface area contributed by atoms with Crippen molar-refractivity contribution in [1.82, 2.24) is 9.97 Å². The van der Waals surface area contributed by atoms with E-state index in [0.717, 1.165) is 0 Å². The quantitative estimate of drug-likeness (QED) is 0.0333. The first-order valence-electron chi connectivity index (χ1n) is 19.1. The average molecular weight is 1010 g/mol. The molecule has 17 nitrogen and oxygen atoms in total. The van der Waals surface area contributed by atoms with Gasteiger partial charge < -0.3 is 58.3 Å². The zero-order chi connectivity index (χ0) is 47.1. The Morgan fingerprint density at radius 2 is 1.30 bits per heavy atom. The third kappa shape index (κ3) is 17.5. The standard InChI is InChI=1S/C18H18BClN2O5.C11H12Cl2N2O2.C7H7BO3.CH2O3.Cs/c1-11(2)24-6-7-25-18-16(21-3)9-15(20)17(22-18)27-13-4-5-14-12(8-13)10-26-19(14)23;1-7(2)16-4-5-17-11-9(14-3)6-8(12)10(13)15-11;9-6-1-2-7-5(3-6)4-11-8(7)10;2-1-4-3;/h4-5,8-9,11,23H,6-7,10H2,1-2H3;6-7H,4-5H2,1-2H3;1-3,9-10H,4H2;1,3H;/q;;;;+1/p-1/i10D2;;4D2;;. The number of hydrogen-bond acceptors (Lipinski definition) is 15. The van der Waals surface area contributed by atoms with Gasteiger partial charge in [0, 0.05) is 0 Å². The molecule has 0 atom stereocenters. The Kier molecular flexibility index (Phi) is 21.8. The minimum absolute atomic E-state index is 0. The molecule has 0 spiro atoms. The number of halogens is 3. The van der Waals surface area contributed by atoms with Crippen LogP contribution >= 0.6 is 34.8 Å². The monoisotopic (exact) mass is 1010 g/mol. The summed E-state index contributed by atoms with van der Waals surface area (Å²) in [4.78, 5) is 26.0. The second kappa shape index (κ2) is 28.0.